The Balaban J connectivity index is 2.61. The van der Waals surface area contributed by atoms with Crippen LogP contribution in [0.1, 0.15) is 16.1 Å². The predicted molar refractivity (Wildman–Crippen MR) is 62.5 cm³/mol. The molecule has 0 aliphatic carbocycles. The van der Waals surface area contributed by atoms with E-state index in [1.54, 1.807) is 18.5 Å². The minimum atomic E-state index is -1.04. The minimum absolute atomic E-state index is 0.150. The Labute approximate surface area is 102 Å². The van der Waals surface area contributed by atoms with Crippen molar-refractivity contribution in [3.63, 3.8) is 0 Å². The number of carbonyl (C=O) groups is 1. The lowest BCUT2D eigenvalue weighted by Gasteiger charge is -2.05. The average molecular weight is 251 g/mol. The van der Waals surface area contributed by atoms with Crippen molar-refractivity contribution < 1.29 is 18.7 Å². The highest BCUT2D eigenvalue weighted by molar-refractivity contribution is 5.91. The molecule has 0 atom stereocenters. The SMILES string of the molecule is Cc1c(C(=O)O)cc(-c2ccc(F)c(F)c2)n1C. The fourth-order valence-electron chi connectivity index (χ4n) is 1.85. The van der Waals surface area contributed by atoms with E-state index in [-0.39, 0.29) is 5.56 Å². The fourth-order valence-corrected chi connectivity index (χ4v) is 1.85. The van der Waals surface area contributed by atoms with Crippen molar-refractivity contribution in [1.82, 2.24) is 4.57 Å². The number of benzene rings is 1. The van der Waals surface area contributed by atoms with Crippen LogP contribution < -0.4 is 0 Å². The van der Waals surface area contributed by atoms with Gasteiger partial charge in [-0.2, -0.15) is 0 Å². The van der Waals surface area contributed by atoms with Crippen molar-refractivity contribution in [2.75, 3.05) is 0 Å². The molecule has 1 N–H and O–H groups in total. The minimum Gasteiger partial charge on any atom is -0.478 e. The maximum absolute atomic E-state index is 13.2. The summed E-state index contributed by atoms with van der Waals surface area (Å²) >= 11 is 0. The number of rotatable bonds is 2. The van der Waals surface area contributed by atoms with Crippen molar-refractivity contribution in [2.24, 2.45) is 7.05 Å². The van der Waals surface area contributed by atoms with Crippen LogP contribution in [0.15, 0.2) is 24.3 Å². The smallest absolute Gasteiger partial charge is 0.337 e. The largest absolute Gasteiger partial charge is 0.478 e. The average Bonchev–Trinajstić information content (AvgIpc) is 2.60. The molecule has 0 saturated carbocycles. The first kappa shape index (κ1) is 12.3. The van der Waals surface area contributed by atoms with Crippen LogP contribution in [0.2, 0.25) is 0 Å². The monoisotopic (exact) mass is 251 g/mol. The van der Waals surface area contributed by atoms with Gasteiger partial charge in [-0.25, -0.2) is 13.6 Å². The van der Waals surface area contributed by atoms with Crippen molar-refractivity contribution in [2.45, 2.75) is 6.92 Å². The summed E-state index contributed by atoms with van der Waals surface area (Å²) in [4.78, 5) is 11.0. The van der Waals surface area contributed by atoms with Crippen LogP contribution in [-0.4, -0.2) is 15.6 Å². The number of carboxylic acid groups (broad SMARTS) is 1. The Morgan fingerprint density at radius 3 is 2.39 bits per heavy atom. The van der Waals surface area contributed by atoms with E-state index in [4.69, 9.17) is 5.11 Å². The molecule has 3 nitrogen and oxygen atoms in total. The second kappa shape index (κ2) is 4.25. The summed E-state index contributed by atoms with van der Waals surface area (Å²) in [7, 11) is 1.68. The highest BCUT2D eigenvalue weighted by Crippen LogP contribution is 2.26. The lowest BCUT2D eigenvalue weighted by Crippen LogP contribution is -1.99. The molecule has 5 heteroatoms. The van der Waals surface area contributed by atoms with Gasteiger partial charge in [-0.1, -0.05) is 0 Å². The molecule has 0 fully saturated rings. The van der Waals surface area contributed by atoms with E-state index in [1.165, 1.54) is 12.1 Å². The molecule has 0 spiro atoms. The highest BCUT2D eigenvalue weighted by Gasteiger charge is 2.16. The Bertz CT molecular complexity index is 632. The van der Waals surface area contributed by atoms with E-state index in [0.717, 1.165) is 12.1 Å². The fraction of sp³-hybridized carbons (Fsp3) is 0.154. The molecule has 0 unspecified atom stereocenters. The van der Waals surface area contributed by atoms with Gasteiger partial charge in [0.15, 0.2) is 11.6 Å². The van der Waals surface area contributed by atoms with Gasteiger partial charge in [0.2, 0.25) is 0 Å². The second-order valence-corrected chi connectivity index (χ2v) is 4.02. The zero-order valence-electron chi connectivity index (χ0n) is 9.87. The zero-order chi connectivity index (χ0) is 13.4. The van der Waals surface area contributed by atoms with Gasteiger partial charge in [0.25, 0.3) is 0 Å². The number of nitrogens with zero attached hydrogens (tertiary/aromatic N) is 1. The highest BCUT2D eigenvalue weighted by atomic mass is 19.2. The lowest BCUT2D eigenvalue weighted by atomic mass is 10.1. The quantitative estimate of drug-likeness (QED) is 0.891. The number of halogens is 2. The third-order valence-electron chi connectivity index (χ3n) is 2.98. The molecule has 0 amide bonds. The van der Waals surface area contributed by atoms with Crippen LogP contribution in [0.3, 0.4) is 0 Å². The summed E-state index contributed by atoms with van der Waals surface area (Å²) in [6.45, 7) is 1.66. The van der Waals surface area contributed by atoms with Gasteiger partial charge >= 0.3 is 5.97 Å². The first-order chi connectivity index (χ1) is 8.41. The van der Waals surface area contributed by atoms with Gasteiger partial charge in [-0.15, -0.1) is 0 Å². The van der Waals surface area contributed by atoms with E-state index in [0.29, 0.717) is 17.0 Å². The number of aromatic carboxylic acids is 1. The third-order valence-corrected chi connectivity index (χ3v) is 2.98. The van der Waals surface area contributed by atoms with Crippen molar-refractivity contribution >= 4 is 5.97 Å². The molecule has 2 rings (SSSR count). The molecule has 2 aromatic rings. The summed E-state index contributed by atoms with van der Waals surface area (Å²) in [6, 6.07) is 4.94. The number of carboxylic acids is 1. The number of hydrogen-bond donors (Lipinski definition) is 1. The van der Waals surface area contributed by atoms with E-state index < -0.39 is 17.6 Å². The van der Waals surface area contributed by atoms with Crippen molar-refractivity contribution in [3.8, 4) is 11.3 Å². The molecular weight excluding hydrogens is 240 g/mol. The molecule has 0 saturated heterocycles. The van der Waals surface area contributed by atoms with Gasteiger partial charge < -0.3 is 9.67 Å². The molecule has 94 valence electrons. The Hall–Kier alpha value is -2.17. The molecule has 0 bridgehead atoms. The number of hydrogen-bond acceptors (Lipinski definition) is 1. The van der Waals surface area contributed by atoms with Crippen molar-refractivity contribution in [3.05, 3.63) is 47.2 Å². The van der Waals surface area contributed by atoms with Crippen LogP contribution >= 0.6 is 0 Å². The standard InChI is InChI=1S/C13H11F2NO2/c1-7-9(13(17)18)6-12(16(7)2)8-3-4-10(14)11(15)5-8/h3-6H,1-2H3,(H,17,18). The van der Waals surface area contributed by atoms with Gasteiger partial charge in [0, 0.05) is 24.0 Å². The zero-order valence-corrected chi connectivity index (χ0v) is 9.87. The molecule has 0 aliphatic heterocycles. The van der Waals surface area contributed by atoms with Gasteiger partial charge in [0.05, 0.1) is 5.56 Å². The molecular formula is C13H11F2NO2. The Morgan fingerprint density at radius 2 is 1.89 bits per heavy atom. The summed E-state index contributed by atoms with van der Waals surface area (Å²) in [5.41, 5.74) is 1.68. The lowest BCUT2D eigenvalue weighted by molar-refractivity contribution is 0.0696. The summed E-state index contributed by atoms with van der Waals surface area (Å²) in [5.74, 6) is -2.93. The number of aromatic nitrogens is 1. The van der Waals surface area contributed by atoms with Crippen molar-refractivity contribution in [1.29, 1.82) is 0 Å². The molecule has 0 radical (unpaired) electrons. The molecule has 1 heterocycles. The normalized spacial score (nSPS) is 10.7. The van der Waals surface area contributed by atoms with Gasteiger partial charge in [-0.05, 0) is 31.2 Å². The van der Waals surface area contributed by atoms with Crippen LogP contribution in [0.5, 0.6) is 0 Å². The van der Waals surface area contributed by atoms with Gasteiger partial charge in [0.1, 0.15) is 0 Å². The van der Waals surface area contributed by atoms with E-state index in [2.05, 4.69) is 0 Å². The topological polar surface area (TPSA) is 42.2 Å². The molecule has 1 aromatic heterocycles. The summed E-state index contributed by atoms with van der Waals surface area (Å²) < 4.78 is 27.6. The van der Waals surface area contributed by atoms with Crippen LogP contribution in [0.25, 0.3) is 11.3 Å². The molecule has 18 heavy (non-hydrogen) atoms. The first-order valence-corrected chi connectivity index (χ1v) is 5.27. The summed E-state index contributed by atoms with van der Waals surface area (Å²) in [5, 5.41) is 9.00. The molecule has 0 aliphatic rings. The van der Waals surface area contributed by atoms with Crippen LogP contribution in [0, 0.1) is 18.6 Å². The van der Waals surface area contributed by atoms with E-state index >= 15 is 0 Å². The predicted octanol–water partition coefficient (Wildman–Crippen LogP) is 2.98. The third kappa shape index (κ3) is 1.88. The van der Waals surface area contributed by atoms with Crippen LogP contribution in [-0.2, 0) is 7.05 Å². The molecule has 1 aromatic carbocycles. The maximum atomic E-state index is 13.2. The van der Waals surface area contributed by atoms with Crippen LogP contribution in [0.4, 0.5) is 8.78 Å². The Morgan fingerprint density at radius 1 is 1.22 bits per heavy atom. The van der Waals surface area contributed by atoms with Gasteiger partial charge in [-0.3, -0.25) is 0 Å². The maximum Gasteiger partial charge on any atom is 0.337 e. The Kier molecular flexibility index (Phi) is 2.90. The van der Waals surface area contributed by atoms with E-state index in [9.17, 15) is 13.6 Å². The second-order valence-electron chi connectivity index (χ2n) is 4.02. The summed E-state index contributed by atoms with van der Waals surface area (Å²) in [6.07, 6.45) is 0. The van der Waals surface area contributed by atoms with E-state index in [1.807, 2.05) is 0 Å². The first-order valence-electron chi connectivity index (χ1n) is 5.27.